The summed E-state index contributed by atoms with van der Waals surface area (Å²) >= 11 is 0. The predicted octanol–water partition coefficient (Wildman–Crippen LogP) is 3.26. The highest BCUT2D eigenvalue weighted by molar-refractivity contribution is 6.01. The van der Waals surface area contributed by atoms with Crippen LogP contribution in [0, 0.1) is 11.6 Å². The molecule has 0 bridgehead atoms. The SMILES string of the molecule is Fc1cc(F)c2ncc3ccoc3c2c1. The quantitative estimate of drug-likeness (QED) is 0.563. The van der Waals surface area contributed by atoms with Crippen molar-refractivity contribution in [3.63, 3.8) is 0 Å². The Kier molecular flexibility index (Phi) is 1.54. The molecule has 0 unspecified atom stereocenters. The molecule has 0 spiro atoms. The molecule has 2 heterocycles. The highest BCUT2D eigenvalue weighted by atomic mass is 19.1. The standard InChI is InChI=1S/C11H5F2NO/c12-7-3-8-10(9(13)4-7)14-5-6-1-2-15-11(6)8/h1-5H. The summed E-state index contributed by atoms with van der Waals surface area (Å²) in [4.78, 5) is 3.92. The molecule has 0 amide bonds. The number of benzene rings is 1. The molecule has 0 radical (unpaired) electrons. The van der Waals surface area contributed by atoms with Crippen LogP contribution in [-0.2, 0) is 0 Å². The van der Waals surface area contributed by atoms with Crippen molar-refractivity contribution in [2.45, 2.75) is 0 Å². The van der Waals surface area contributed by atoms with E-state index < -0.39 is 11.6 Å². The third kappa shape index (κ3) is 1.11. The average Bonchev–Trinajstić information content (AvgIpc) is 2.65. The van der Waals surface area contributed by atoms with Crippen LogP contribution in [-0.4, -0.2) is 4.98 Å². The van der Waals surface area contributed by atoms with E-state index in [9.17, 15) is 8.78 Å². The number of furan rings is 1. The van der Waals surface area contributed by atoms with Gasteiger partial charge in [0.15, 0.2) is 5.82 Å². The molecule has 0 saturated carbocycles. The number of pyridine rings is 1. The Labute approximate surface area is 83.1 Å². The fraction of sp³-hybridized carbons (Fsp3) is 0. The molecule has 0 N–H and O–H groups in total. The summed E-state index contributed by atoms with van der Waals surface area (Å²) < 4.78 is 31.5. The Morgan fingerprint density at radius 3 is 2.93 bits per heavy atom. The lowest BCUT2D eigenvalue weighted by Gasteiger charge is -1.99. The molecule has 0 atom stereocenters. The van der Waals surface area contributed by atoms with Crippen LogP contribution in [0.2, 0.25) is 0 Å². The molecule has 3 rings (SSSR count). The van der Waals surface area contributed by atoms with Gasteiger partial charge < -0.3 is 4.42 Å². The van der Waals surface area contributed by atoms with Gasteiger partial charge in [-0.3, -0.25) is 4.98 Å². The molecule has 0 aliphatic rings. The van der Waals surface area contributed by atoms with Crippen LogP contribution >= 0.6 is 0 Å². The molecule has 15 heavy (non-hydrogen) atoms. The first-order valence-corrected chi connectivity index (χ1v) is 4.36. The van der Waals surface area contributed by atoms with Crippen LogP contribution in [0.25, 0.3) is 21.9 Å². The Morgan fingerprint density at radius 1 is 1.20 bits per heavy atom. The maximum absolute atomic E-state index is 13.3. The molecular formula is C11H5F2NO. The zero-order chi connectivity index (χ0) is 10.4. The first-order chi connectivity index (χ1) is 7.25. The highest BCUT2D eigenvalue weighted by Gasteiger charge is 2.10. The smallest absolute Gasteiger partial charge is 0.152 e. The minimum absolute atomic E-state index is 0.124. The minimum atomic E-state index is -0.677. The Bertz CT molecular complexity index is 660. The number of aromatic nitrogens is 1. The van der Waals surface area contributed by atoms with E-state index in [0.29, 0.717) is 11.0 Å². The van der Waals surface area contributed by atoms with Gasteiger partial charge in [-0.2, -0.15) is 0 Å². The number of hydrogen-bond acceptors (Lipinski definition) is 2. The zero-order valence-corrected chi connectivity index (χ0v) is 7.50. The van der Waals surface area contributed by atoms with Crippen molar-refractivity contribution in [1.82, 2.24) is 4.98 Å². The zero-order valence-electron chi connectivity index (χ0n) is 7.50. The van der Waals surface area contributed by atoms with Crippen molar-refractivity contribution < 1.29 is 13.2 Å². The minimum Gasteiger partial charge on any atom is -0.464 e. The van der Waals surface area contributed by atoms with Crippen LogP contribution in [0.5, 0.6) is 0 Å². The number of rotatable bonds is 0. The highest BCUT2D eigenvalue weighted by Crippen LogP contribution is 2.26. The van der Waals surface area contributed by atoms with Crippen molar-refractivity contribution in [1.29, 1.82) is 0 Å². The Hall–Kier alpha value is -1.97. The molecule has 2 nitrogen and oxygen atoms in total. The Balaban J connectivity index is 2.61. The molecular weight excluding hydrogens is 200 g/mol. The monoisotopic (exact) mass is 205 g/mol. The van der Waals surface area contributed by atoms with E-state index in [2.05, 4.69) is 4.98 Å². The maximum Gasteiger partial charge on any atom is 0.152 e. The van der Waals surface area contributed by atoms with Gasteiger partial charge in [0.05, 0.1) is 6.26 Å². The van der Waals surface area contributed by atoms with Crippen LogP contribution in [0.15, 0.2) is 35.1 Å². The van der Waals surface area contributed by atoms with E-state index in [0.717, 1.165) is 11.5 Å². The summed E-state index contributed by atoms with van der Waals surface area (Å²) in [6.07, 6.45) is 2.97. The second-order valence-corrected chi connectivity index (χ2v) is 3.25. The molecule has 0 fully saturated rings. The van der Waals surface area contributed by atoms with Crippen molar-refractivity contribution >= 4 is 21.9 Å². The second-order valence-electron chi connectivity index (χ2n) is 3.25. The van der Waals surface area contributed by atoms with Crippen LogP contribution in [0.3, 0.4) is 0 Å². The lowest BCUT2D eigenvalue weighted by Crippen LogP contribution is -1.86. The fourth-order valence-electron chi connectivity index (χ4n) is 1.64. The van der Waals surface area contributed by atoms with Gasteiger partial charge in [-0.25, -0.2) is 8.78 Å². The topological polar surface area (TPSA) is 26.0 Å². The van der Waals surface area contributed by atoms with Gasteiger partial charge in [-0.15, -0.1) is 0 Å². The van der Waals surface area contributed by atoms with Crippen LogP contribution < -0.4 is 0 Å². The summed E-state index contributed by atoms with van der Waals surface area (Å²) in [6, 6.07) is 3.73. The second kappa shape index (κ2) is 2.76. The maximum atomic E-state index is 13.3. The van der Waals surface area contributed by atoms with Crippen LogP contribution in [0.4, 0.5) is 8.78 Å². The number of nitrogens with zero attached hydrogens (tertiary/aromatic N) is 1. The lowest BCUT2D eigenvalue weighted by atomic mass is 10.1. The summed E-state index contributed by atoms with van der Waals surface area (Å²) in [5.74, 6) is -1.31. The van der Waals surface area contributed by atoms with Gasteiger partial charge >= 0.3 is 0 Å². The number of fused-ring (bicyclic) bond motifs is 3. The van der Waals surface area contributed by atoms with E-state index in [1.54, 1.807) is 6.07 Å². The summed E-state index contributed by atoms with van der Waals surface area (Å²) in [7, 11) is 0. The molecule has 1 aromatic carbocycles. The molecule has 0 aliphatic heterocycles. The van der Waals surface area contributed by atoms with Crippen LogP contribution in [0.1, 0.15) is 0 Å². The molecule has 4 heteroatoms. The summed E-state index contributed by atoms with van der Waals surface area (Å²) in [5.41, 5.74) is 0.581. The fourth-order valence-corrected chi connectivity index (χ4v) is 1.64. The molecule has 2 aromatic heterocycles. The third-order valence-corrected chi connectivity index (χ3v) is 2.30. The van der Waals surface area contributed by atoms with E-state index >= 15 is 0 Å². The van der Waals surface area contributed by atoms with Crippen molar-refractivity contribution in [2.75, 3.05) is 0 Å². The van der Waals surface area contributed by atoms with E-state index in [1.165, 1.54) is 18.5 Å². The van der Waals surface area contributed by atoms with Gasteiger partial charge in [0, 0.05) is 23.0 Å². The van der Waals surface area contributed by atoms with Gasteiger partial charge in [0.2, 0.25) is 0 Å². The van der Waals surface area contributed by atoms with Crippen molar-refractivity contribution in [3.05, 3.63) is 42.3 Å². The summed E-state index contributed by atoms with van der Waals surface area (Å²) in [6.45, 7) is 0. The van der Waals surface area contributed by atoms with E-state index in [4.69, 9.17) is 4.42 Å². The van der Waals surface area contributed by atoms with Crippen molar-refractivity contribution in [2.24, 2.45) is 0 Å². The first kappa shape index (κ1) is 8.35. The largest absolute Gasteiger partial charge is 0.464 e. The molecule has 0 saturated heterocycles. The van der Waals surface area contributed by atoms with E-state index in [-0.39, 0.29) is 5.52 Å². The van der Waals surface area contributed by atoms with Crippen molar-refractivity contribution in [3.8, 4) is 0 Å². The average molecular weight is 205 g/mol. The Morgan fingerprint density at radius 2 is 2.07 bits per heavy atom. The van der Waals surface area contributed by atoms with Gasteiger partial charge in [0.25, 0.3) is 0 Å². The lowest BCUT2D eigenvalue weighted by molar-refractivity contribution is 0.588. The first-order valence-electron chi connectivity index (χ1n) is 4.36. The normalized spacial score (nSPS) is 11.3. The van der Waals surface area contributed by atoms with Gasteiger partial charge in [-0.05, 0) is 12.1 Å². The van der Waals surface area contributed by atoms with Gasteiger partial charge in [-0.1, -0.05) is 0 Å². The van der Waals surface area contributed by atoms with Gasteiger partial charge in [0.1, 0.15) is 16.9 Å². The predicted molar refractivity (Wildman–Crippen MR) is 51.4 cm³/mol. The number of hydrogen-bond donors (Lipinski definition) is 0. The molecule has 0 aliphatic carbocycles. The summed E-state index contributed by atoms with van der Waals surface area (Å²) in [5, 5.41) is 1.09. The molecule has 3 aromatic rings. The third-order valence-electron chi connectivity index (χ3n) is 2.30. The van der Waals surface area contributed by atoms with E-state index in [1.807, 2.05) is 0 Å². The number of halogens is 2. The molecule has 74 valence electrons.